The number of fused-ring (bicyclic) bond motifs is 1. The van der Waals surface area contributed by atoms with Crippen molar-refractivity contribution < 1.29 is 13.2 Å². The third-order valence-corrected chi connectivity index (χ3v) is 7.12. The first-order chi connectivity index (χ1) is 10.4. The maximum Gasteiger partial charge on any atom is 0.266 e. The maximum atomic E-state index is 12.8. The van der Waals surface area contributed by atoms with Gasteiger partial charge in [0.2, 0.25) is 0 Å². The molecule has 8 heteroatoms. The van der Waals surface area contributed by atoms with Crippen molar-refractivity contribution in [2.75, 3.05) is 31.1 Å². The molecule has 2 fully saturated rings. The highest BCUT2D eigenvalue weighted by Gasteiger charge is 2.48. The van der Waals surface area contributed by atoms with Gasteiger partial charge in [-0.05, 0) is 19.9 Å². The Kier molecular flexibility index (Phi) is 4.26. The highest BCUT2D eigenvalue weighted by molar-refractivity contribution is 7.91. The Bertz CT molecular complexity index is 671. The molecule has 6 nitrogen and oxygen atoms in total. The number of hydrogen-bond donors (Lipinski definition) is 0. The summed E-state index contributed by atoms with van der Waals surface area (Å²) in [6, 6.07) is -0.282. The smallest absolute Gasteiger partial charge is 0.266 e. The number of carbonyl (C=O) groups is 1. The third kappa shape index (κ3) is 2.79. The lowest BCUT2D eigenvalue weighted by Gasteiger charge is -2.43. The van der Waals surface area contributed by atoms with Crippen molar-refractivity contribution in [3.8, 4) is 0 Å². The molecule has 1 aromatic heterocycles. The SMILES string of the molecule is CCCN1CCN(C(=O)c2scnc2C)[C@H]2CS(=O)(=O)C[C@H]21. The first kappa shape index (κ1) is 15.9. The number of amides is 1. The van der Waals surface area contributed by atoms with E-state index in [2.05, 4.69) is 16.8 Å². The van der Waals surface area contributed by atoms with Crippen LogP contribution in [-0.2, 0) is 9.84 Å². The Morgan fingerprint density at radius 1 is 1.36 bits per heavy atom. The van der Waals surface area contributed by atoms with Gasteiger partial charge in [0.1, 0.15) is 4.88 Å². The zero-order valence-electron chi connectivity index (χ0n) is 12.9. The van der Waals surface area contributed by atoms with E-state index >= 15 is 0 Å². The zero-order chi connectivity index (χ0) is 15.9. The molecular weight excluding hydrogens is 322 g/mol. The van der Waals surface area contributed by atoms with Gasteiger partial charge in [0.25, 0.3) is 5.91 Å². The first-order valence-electron chi connectivity index (χ1n) is 7.58. The van der Waals surface area contributed by atoms with E-state index in [4.69, 9.17) is 0 Å². The van der Waals surface area contributed by atoms with Crippen molar-refractivity contribution in [3.63, 3.8) is 0 Å². The highest BCUT2D eigenvalue weighted by atomic mass is 32.2. The molecule has 0 unspecified atom stereocenters. The van der Waals surface area contributed by atoms with Crippen LogP contribution in [0.1, 0.15) is 28.7 Å². The Morgan fingerprint density at radius 2 is 2.09 bits per heavy atom. The molecule has 3 heterocycles. The van der Waals surface area contributed by atoms with Crippen LogP contribution in [0.25, 0.3) is 0 Å². The summed E-state index contributed by atoms with van der Waals surface area (Å²) in [5, 5.41) is 0. The molecule has 3 rings (SSSR count). The van der Waals surface area contributed by atoms with E-state index in [0.29, 0.717) is 11.4 Å². The van der Waals surface area contributed by atoms with Gasteiger partial charge < -0.3 is 4.90 Å². The number of hydrogen-bond acceptors (Lipinski definition) is 6. The lowest BCUT2D eigenvalue weighted by molar-refractivity contribution is 0.0336. The second kappa shape index (κ2) is 5.90. The van der Waals surface area contributed by atoms with Crippen LogP contribution < -0.4 is 0 Å². The summed E-state index contributed by atoms with van der Waals surface area (Å²) in [5.41, 5.74) is 2.39. The van der Waals surface area contributed by atoms with Gasteiger partial charge in [0.15, 0.2) is 9.84 Å². The molecule has 1 aromatic rings. The molecule has 2 atom stereocenters. The van der Waals surface area contributed by atoms with Gasteiger partial charge in [0, 0.05) is 19.1 Å². The first-order valence-corrected chi connectivity index (χ1v) is 10.3. The van der Waals surface area contributed by atoms with Crippen LogP contribution in [0, 0.1) is 6.92 Å². The molecule has 2 saturated heterocycles. The lowest BCUT2D eigenvalue weighted by atomic mass is 10.0. The lowest BCUT2D eigenvalue weighted by Crippen LogP contribution is -2.60. The number of piperazine rings is 1. The fraction of sp³-hybridized carbons (Fsp3) is 0.714. The van der Waals surface area contributed by atoms with Crippen molar-refractivity contribution in [3.05, 3.63) is 16.1 Å². The van der Waals surface area contributed by atoms with Crippen LogP contribution in [0.4, 0.5) is 0 Å². The van der Waals surface area contributed by atoms with Crippen molar-refractivity contribution >= 4 is 27.1 Å². The standard InChI is InChI=1S/C14H21N3O3S2/c1-3-4-16-5-6-17(12-8-22(19,20)7-11(12)16)14(18)13-10(2)15-9-21-13/h9,11-12H,3-8H2,1-2H3/t11-,12+/m1/s1. The predicted octanol–water partition coefficient (Wildman–Crippen LogP) is 0.785. The summed E-state index contributed by atoms with van der Waals surface area (Å²) in [4.78, 5) is 21.5. The Morgan fingerprint density at radius 3 is 2.73 bits per heavy atom. The predicted molar refractivity (Wildman–Crippen MR) is 86.0 cm³/mol. The molecular formula is C14H21N3O3S2. The molecule has 0 saturated carbocycles. The molecule has 0 bridgehead atoms. The van der Waals surface area contributed by atoms with Crippen LogP contribution in [0.2, 0.25) is 0 Å². The summed E-state index contributed by atoms with van der Waals surface area (Å²) >= 11 is 1.33. The van der Waals surface area contributed by atoms with E-state index < -0.39 is 9.84 Å². The molecule has 22 heavy (non-hydrogen) atoms. The molecule has 122 valence electrons. The topological polar surface area (TPSA) is 70.6 Å². The van der Waals surface area contributed by atoms with Crippen LogP contribution in [-0.4, -0.2) is 72.3 Å². The average molecular weight is 343 g/mol. The van der Waals surface area contributed by atoms with E-state index in [0.717, 1.165) is 25.2 Å². The fourth-order valence-corrected chi connectivity index (χ4v) is 6.25. The largest absolute Gasteiger partial charge is 0.331 e. The number of thiazole rings is 1. The average Bonchev–Trinajstić information content (AvgIpc) is 3.01. The number of aromatic nitrogens is 1. The maximum absolute atomic E-state index is 12.8. The minimum Gasteiger partial charge on any atom is -0.331 e. The summed E-state index contributed by atoms with van der Waals surface area (Å²) in [5.74, 6) is 0.188. The quantitative estimate of drug-likeness (QED) is 0.811. The number of aryl methyl sites for hydroxylation is 1. The van der Waals surface area contributed by atoms with E-state index in [-0.39, 0.29) is 29.5 Å². The second-order valence-corrected chi connectivity index (χ2v) is 9.02. The van der Waals surface area contributed by atoms with Crippen molar-refractivity contribution in [2.45, 2.75) is 32.4 Å². The van der Waals surface area contributed by atoms with Gasteiger partial charge in [-0.25, -0.2) is 13.4 Å². The molecule has 2 aliphatic rings. The molecule has 0 N–H and O–H groups in total. The van der Waals surface area contributed by atoms with Crippen molar-refractivity contribution in [1.29, 1.82) is 0 Å². The van der Waals surface area contributed by atoms with Crippen molar-refractivity contribution in [2.24, 2.45) is 0 Å². The Labute approximate surface area is 135 Å². The number of nitrogens with zero attached hydrogens (tertiary/aromatic N) is 3. The summed E-state index contributed by atoms with van der Waals surface area (Å²) < 4.78 is 24.2. The van der Waals surface area contributed by atoms with E-state index in [1.165, 1.54) is 11.3 Å². The van der Waals surface area contributed by atoms with Crippen LogP contribution in [0.5, 0.6) is 0 Å². The van der Waals surface area contributed by atoms with E-state index in [1.807, 2.05) is 6.92 Å². The van der Waals surface area contributed by atoms with E-state index in [9.17, 15) is 13.2 Å². The minimum atomic E-state index is -3.07. The highest BCUT2D eigenvalue weighted by Crippen LogP contribution is 2.29. The third-order valence-electron chi connectivity index (χ3n) is 4.50. The summed E-state index contributed by atoms with van der Waals surface area (Å²) in [7, 11) is -3.07. The number of carbonyl (C=O) groups excluding carboxylic acids is 1. The van der Waals surface area contributed by atoms with Gasteiger partial charge >= 0.3 is 0 Å². The number of rotatable bonds is 3. The van der Waals surface area contributed by atoms with Gasteiger partial charge in [0.05, 0.1) is 28.8 Å². The molecule has 0 aliphatic carbocycles. The minimum absolute atomic E-state index is 0.0594. The van der Waals surface area contributed by atoms with Gasteiger partial charge in [-0.1, -0.05) is 6.92 Å². The van der Waals surface area contributed by atoms with E-state index in [1.54, 1.807) is 10.4 Å². The molecule has 0 radical (unpaired) electrons. The summed E-state index contributed by atoms with van der Waals surface area (Å²) in [6.07, 6.45) is 0.991. The molecule has 0 aromatic carbocycles. The molecule has 2 aliphatic heterocycles. The van der Waals surface area contributed by atoms with Crippen molar-refractivity contribution in [1.82, 2.24) is 14.8 Å². The zero-order valence-corrected chi connectivity index (χ0v) is 14.5. The second-order valence-electron chi connectivity index (χ2n) is 6.01. The van der Waals surface area contributed by atoms with Gasteiger partial charge in [-0.15, -0.1) is 11.3 Å². The fourth-order valence-electron chi connectivity index (χ4n) is 3.48. The van der Waals surface area contributed by atoms with Crippen LogP contribution in [0.3, 0.4) is 0 Å². The van der Waals surface area contributed by atoms with Gasteiger partial charge in [-0.3, -0.25) is 9.69 Å². The normalized spacial score (nSPS) is 27.8. The molecule has 0 spiro atoms. The Balaban J connectivity index is 1.88. The monoisotopic (exact) mass is 343 g/mol. The number of sulfone groups is 1. The van der Waals surface area contributed by atoms with Crippen LogP contribution in [0.15, 0.2) is 5.51 Å². The Hall–Kier alpha value is -0.990. The molecule has 1 amide bonds. The van der Waals surface area contributed by atoms with Gasteiger partial charge in [-0.2, -0.15) is 0 Å². The summed E-state index contributed by atoms with van der Waals surface area (Å²) in [6.45, 7) is 6.13. The van der Waals surface area contributed by atoms with Crippen LogP contribution >= 0.6 is 11.3 Å².